The molecule has 0 bridgehead atoms. The molecule has 96 valence electrons. The molecule has 0 aromatic heterocycles. The summed E-state index contributed by atoms with van der Waals surface area (Å²) in [5.74, 6) is 0.105. The van der Waals surface area contributed by atoms with Crippen molar-refractivity contribution in [3.05, 3.63) is 27.3 Å². The summed E-state index contributed by atoms with van der Waals surface area (Å²) in [6, 6.07) is 4.89. The summed E-state index contributed by atoms with van der Waals surface area (Å²) in [5, 5.41) is 9.61. The molecular weight excluding hydrogens is 345 g/mol. The average molecular weight is 359 g/mol. The van der Waals surface area contributed by atoms with Gasteiger partial charge in [0.2, 0.25) is 0 Å². The van der Waals surface area contributed by atoms with Gasteiger partial charge in [-0.1, -0.05) is 6.92 Å². The van der Waals surface area contributed by atoms with Crippen molar-refractivity contribution in [1.82, 2.24) is 4.90 Å². The summed E-state index contributed by atoms with van der Waals surface area (Å²) in [7, 11) is 0. The van der Waals surface area contributed by atoms with Crippen molar-refractivity contribution in [1.29, 1.82) is 0 Å². The summed E-state index contributed by atoms with van der Waals surface area (Å²) in [5.41, 5.74) is 0.467. The van der Waals surface area contributed by atoms with E-state index in [2.05, 4.69) is 0 Å². The Kier molecular flexibility index (Phi) is 3.89. The Morgan fingerprint density at radius 1 is 1.50 bits per heavy atom. The van der Waals surface area contributed by atoms with Gasteiger partial charge in [0.05, 0.1) is 3.57 Å². The summed E-state index contributed by atoms with van der Waals surface area (Å²) in [4.78, 5) is 25.3. The SMILES string of the molecule is CC1CN(C(=O)c2ccc(I)c(O)c2)CCC1=O. The lowest BCUT2D eigenvalue weighted by Crippen LogP contribution is -2.43. The maximum absolute atomic E-state index is 12.2. The topological polar surface area (TPSA) is 57.6 Å². The second-order valence-electron chi connectivity index (χ2n) is 4.53. The first-order valence-corrected chi connectivity index (χ1v) is 6.87. The third-order valence-electron chi connectivity index (χ3n) is 3.15. The number of carbonyl (C=O) groups is 2. The molecular formula is C13H14INO3. The zero-order valence-corrected chi connectivity index (χ0v) is 12.2. The number of hydrogen-bond donors (Lipinski definition) is 1. The minimum atomic E-state index is -0.124. The van der Waals surface area contributed by atoms with Gasteiger partial charge in [-0.25, -0.2) is 0 Å². The third-order valence-corrected chi connectivity index (χ3v) is 4.06. The lowest BCUT2D eigenvalue weighted by atomic mass is 9.98. The lowest BCUT2D eigenvalue weighted by molar-refractivity contribution is -0.124. The fraction of sp³-hybridized carbons (Fsp3) is 0.385. The molecule has 0 radical (unpaired) electrons. The number of ketones is 1. The fourth-order valence-corrected chi connectivity index (χ4v) is 2.36. The average Bonchev–Trinajstić information content (AvgIpc) is 2.35. The first kappa shape index (κ1) is 13.3. The van der Waals surface area contributed by atoms with Gasteiger partial charge >= 0.3 is 0 Å². The van der Waals surface area contributed by atoms with Crippen LogP contribution in [0.25, 0.3) is 0 Å². The van der Waals surface area contributed by atoms with Crippen molar-refractivity contribution in [3.8, 4) is 5.75 Å². The van der Waals surface area contributed by atoms with E-state index in [-0.39, 0.29) is 23.4 Å². The van der Waals surface area contributed by atoms with E-state index >= 15 is 0 Å². The Bertz CT molecular complexity index is 501. The molecule has 18 heavy (non-hydrogen) atoms. The Hall–Kier alpha value is -1.11. The molecule has 1 unspecified atom stereocenters. The largest absolute Gasteiger partial charge is 0.507 e. The molecule has 1 aliphatic heterocycles. The van der Waals surface area contributed by atoms with Gasteiger partial charge in [0.25, 0.3) is 5.91 Å². The van der Waals surface area contributed by atoms with Crippen molar-refractivity contribution in [2.75, 3.05) is 13.1 Å². The molecule has 1 amide bonds. The van der Waals surface area contributed by atoms with Gasteiger partial charge in [-0.15, -0.1) is 0 Å². The van der Waals surface area contributed by atoms with E-state index in [0.29, 0.717) is 28.6 Å². The number of halogens is 1. The van der Waals surface area contributed by atoms with E-state index in [4.69, 9.17) is 0 Å². The number of piperidine rings is 1. The Morgan fingerprint density at radius 3 is 2.83 bits per heavy atom. The number of likely N-dealkylation sites (tertiary alicyclic amines) is 1. The lowest BCUT2D eigenvalue weighted by Gasteiger charge is -2.30. The highest BCUT2D eigenvalue weighted by Crippen LogP contribution is 2.22. The highest BCUT2D eigenvalue weighted by Gasteiger charge is 2.27. The molecule has 1 atom stereocenters. The quantitative estimate of drug-likeness (QED) is 0.781. The number of phenolic OH excluding ortho intramolecular Hbond substituents is 1. The van der Waals surface area contributed by atoms with Gasteiger partial charge in [0.1, 0.15) is 11.5 Å². The minimum absolute atomic E-state index is 0.0971. The molecule has 1 saturated heterocycles. The number of Topliss-reactive ketones (excluding diaryl/α,β-unsaturated/α-hetero) is 1. The molecule has 1 N–H and O–H groups in total. The van der Waals surface area contributed by atoms with Crippen LogP contribution in [0.15, 0.2) is 18.2 Å². The number of aromatic hydroxyl groups is 1. The molecule has 1 aliphatic rings. The van der Waals surface area contributed by atoms with Crippen LogP contribution in [-0.4, -0.2) is 34.8 Å². The van der Waals surface area contributed by atoms with E-state index in [1.165, 1.54) is 6.07 Å². The summed E-state index contributed by atoms with van der Waals surface area (Å²) in [6.07, 6.45) is 0.420. The Morgan fingerprint density at radius 2 is 2.22 bits per heavy atom. The molecule has 0 saturated carbocycles. The van der Waals surface area contributed by atoms with Crippen LogP contribution in [0.2, 0.25) is 0 Å². The van der Waals surface area contributed by atoms with Gasteiger partial charge in [0.15, 0.2) is 0 Å². The summed E-state index contributed by atoms with van der Waals surface area (Å²) < 4.78 is 0.714. The molecule has 1 aromatic rings. The first-order valence-electron chi connectivity index (χ1n) is 5.79. The van der Waals surface area contributed by atoms with Gasteiger partial charge < -0.3 is 10.0 Å². The second kappa shape index (κ2) is 5.26. The molecule has 4 nitrogen and oxygen atoms in total. The highest BCUT2D eigenvalue weighted by molar-refractivity contribution is 14.1. The standard InChI is InChI=1S/C13H14INO3/c1-8-7-15(5-4-11(8)16)13(18)9-2-3-10(14)12(17)6-9/h2-3,6,8,17H,4-5,7H2,1H3. The van der Waals surface area contributed by atoms with Crippen LogP contribution in [0.4, 0.5) is 0 Å². The zero-order chi connectivity index (χ0) is 13.3. The fourth-order valence-electron chi connectivity index (χ4n) is 2.03. The number of phenols is 1. The molecule has 1 heterocycles. The van der Waals surface area contributed by atoms with Gasteiger partial charge in [0, 0.05) is 31.0 Å². The van der Waals surface area contributed by atoms with Crippen LogP contribution in [0.1, 0.15) is 23.7 Å². The summed E-state index contributed by atoms with van der Waals surface area (Å²) >= 11 is 2.01. The molecule has 0 aliphatic carbocycles. The van der Waals surface area contributed by atoms with Crippen LogP contribution in [0.5, 0.6) is 5.75 Å². The van der Waals surface area contributed by atoms with E-state index in [9.17, 15) is 14.7 Å². The van der Waals surface area contributed by atoms with Gasteiger partial charge in [-0.05, 0) is 40.8 Å². The molecule has 0 spiro atoms. The number of rotatable bonds is 1. The zero-order valence-electron chi connectivity index (χ0n) is 10.0. The number of amides is 1. The minimum Gasteiger partial charge on any atom is -0.507 e. The molecule has 5 heteroatoms. The molecule has 1 fully saturated rings. The van der Waals surface area contributed by atoms with E-state index < -0.39 is 0 Å². The maximum atomic E-state index is 12.2. The first-order chi connectivity index (χ1) is 8.49. The van der Waals surface area contributed by atoms with E-state index in [1.807, 2.05) is 29.5 Å². The van der Waals surface area contributed by atoms with Crippen molar-refractivity contribution >= 4 is 34.3 Å². The number of carbonyl (C=O) groups excluding carboxylic acids is 2. The van der Waals surface area contributed by atoms with Gasteiger partial charge in [-0.2, -0.15) is 0 Å². The normalized spacial score (nSPS) is 20.0. The van der Waals surface area contributed by atoms with Crippen molar-refractivity contribution in [2.24, 2.45) is 5.92 Å². The Balaban J connectivity index is 2.16. The smallest absolute Gasteiger partial charge is 0.254 e. The maximum Gasteiger partial charge on any atom is 0.254 e. The van der Waals surface area contributed by atoms with Crippen LogP contribution in [-0.2, 0) is 4.79 Å². The van der Waals surface area contributed by atoms with Crippen molar-refractivity contribution in [2.45, 2.75) is 13.3 Å². The summed E-state index contributed by atoms with van der Waals surface area (Å²) in [6.45, 7) is 2.77. The Labute approximate surface area is 119 Å². The third kappa shape index (κ3) is 2.66. The predicted octanol–water partition coefficient (Wildman–Crippen LogP) is 2.05. The van der Waals surface area contributed by atoms with Crippen LogP contribution < -0.4 is 0 Å². The predicted molar refractivity (Wildman–Crippen MR) is 75.5 cm³/mol. The van der Waals surface area contributed by atoms with Crippen molar-refractivity contribution in [3.63, 3.8) is 0 Å². The van der Waals surface area contributed by atoms with Crippen LogP contribution in [0.3, 0.4) is 0 Å². The number of nitrogens with zero attached hydrogens (tertiary/aromatic N) is 1. The van der Waals surface area contributed by atoms with Gasteiger partial charge in [-0.3, -0.25) is 9.59 Å². The molecule has 2 rings (SSSR count). The van der Waals surface area contributed by atoms with Crippen molar-refractivity contribution < 1.29 is 14.7 Å². The van der Waals surface area contributed by atoms with Crippen LogP contribution in [0, 0.1) is 9.49 Å². The van der Waals surface area contributed by atoms with E-state index in [0.717, 1.165) is 0 Å². The highest BCUT2D eigenvalue weighted by atomic mass is 127. The monoisotopic (exact) mass is 359 g/mol. The second-order valence-corrected chi connectivity index (χ2v) is 5.70. The molecule has 1 aromatic carbocycles. The van der Waals surface area contributed by atoms with E-state index in [1.54, 1.807) is 17.0 Å². The van der Waals surface area contributed by atoms with Crippen LogP contribution >= 0.6 is 22.6 Å². The number of hydrogen-bond acceptors (Lipinski definition) is 3. The number of benzene rings is 1.